The van der Waals surface area contributed by atoms with Gasteiger partial charge in [0.05, 0.1) is 12.0 Å². The lowest BCUT2D eigenvalue weighted by Gasteiger charge is -2.02. The average Bonchev–Trinajstić information content (AvgIpc) is 2.90. The smallest absolute Gasteiger partial charge is 0.231 e. The highest BCUT2D eigenvalue weighted by Crippen LogP contribution is 2.33. The Kier molecular flexibility index (Phi) is 2.55. The number of aromatic nitrogens is 2. The van der Waals surface area contributed by atoms with Crippen molar-refractivity contribution in [1.29, 1.82) is 0 Å². The molecule has 17 heavy (non-hydrogen) atoms. The van der Waals surface area contributed by atoms with Gasteiger partial charge in [0.25, 0.3) is 0 Å². The number of rotatable bonds is 2. The van der Waals surface area contributed by atoms with E-state index in [1.165, 1.54) is 0 Å². The van der Waals surface area contributed by atoms with Gasteiger partial charge in [0, 0.05) is 13.5 Å². The van der Waals surface area contributed by atoms with E-state index >= 15 is 0 Å². The van der Waals surface area contributed by atoms with Crippen LogP contribution in [0.1, 0.15) is 11.3 Å². The van der Waals surface area contributed by atoms with Crippen LogP contribution in [0.15, 0.2) is 29.1 Å². The van der Waals surface area contributed by atoms with Crippen LogP contribution >= 0.6 is 15.9 Å². The maximum atomic E-state index is 5.35. The minimum atomic E-state index is 0.312. The van der Waals surface area contributed by atoms with Gasteiger partial charge < -0.3 is 14.0 Å². The van der Waals surface area contributed by atoms with Gasteiger partial charge in [-0.2, -0.15) is 0 Å². The van der Waals surface area contributed by atoms with Gasteiger partial charge in [0.2, 0.25) is 6.79 Å². The van der Waals surface area contributed by atoms with Crippen molar-refractivity contribution in [3.63, 3.8) is 0 Å². The van der Waals surface area contributed by atoms with E-state index in [4.69, 9.17) is 9.47 Å². The summed E-state index contributed by atoms with van der Waals surface area (Å²) in [6.07, 6.45) is 2.57. The Morgan fingerprint density at radius 1 is 1.35 bits per heavy atom. The molecular formula is C12H11BrN2O2. The molecule has 4 nitrogen and oxygen atoms in total. The van der Waals surface area contributed by atoms with Crippen molar-refractivity contribution in [2.75, 3.05) is 6.79 Å². The number of halogens is 1. The number of hydrogen-bond donors (Lipinski definition) is 0. The van der Waals surface area contributed by atoms with Crippen LogP contribution in [0.3, 0.4) is 0 Å². The first-order valence-corrected chi connectivity index (χ1v) is 6.07. The highest BCUT2D eigenvalue weighted by molar-refractivity contribution is 9.10. The van der Waals surface area contributed by atoms with Crippen LogP contribution < -0.4 is 9.47 Å². The molecule has 0 saturated carbocycles. The summed E-state index contributed by atoms with van der Waals surface area (Å²) < 4.78 is 13.6. The predicted molar refractivity (Wildman–Crippen MR) is 66.3 cm³/mol. The number of imidazole rings is 1. The van der Waals surface area contributed by atoms with E-state index in [2.05, 4.69) is 20.9 Å². The molecule has 0 aliphatic carbocycles. The van der Waals surface area contributed by atoms with Crippen molar-refractivity contribution < 1.29 is 9.47 Å². The fourth-order valence-electron chi connectivity index (χ4n) is 1.83. The number of nitrogens with zero attached hydrogens (tertiary/aromatic N) is 2. The third kappa shape index (κ3) is 1.91. The summed E-state index contributed by atoms with van der Waals surface area (Å²) >= 11 is 3.51. The standard InChI is InChI=1S/C12H11BrN2O2/c1-15-6-14-9(12(15)13)4-8-2-3-10-11(5-8)17-7-16-10/h2-3,5-6H,4,7H2,1H3. The predicted octanol–water partition coefficient (Wildman–Crippen LogP) is 2.50. The van der Waals surface area contributed by atoms with Crippen molar-refractivity contribution in [3.05, 3.63) is 40.4 Å². The van der Waals surface area contributed by atoms with E-state index in [1.807, 2.05) is 29.8 Å². The van der Waals surface area contributed by atoms with E-state index in [0.717, 1.165) is 33.8 Å². The van der Waals surface area contributed by atoms with E-state index in [-0.39, 0.29) is 0 Å². The average molecular weight is 295 g/mol. The van der Waals surface area contributed by atoms with Gasteiger partial charge in [-0.15, -0.1) is 0 Å². The summed E-state index contributed by atoms with van der Waals surface area (Å²) in [5.74, 6) is 1.63. The summed E-state index contributed by atoms with van der Waals surface area (Å²) in [4.78, 5) is 4.35. The van der Waals surface area contributed by atoms with Crippen molar-refractivity contribution in [3.8, 4) is 11.5 Å². The molecule has 88 valence electrons. The molecule has 0 saturated heterocycles. The summed E-state index contributed by atoms with van der Waals surface area (Å²) in [5.41, 5.74) is 2.18. The number of aryl methyl sites for hydroxylation is 1. The van der Waals surface area contributed by atoms with Crippen LogP contribution in [0.4, 0.5) is 0 Å². The molecule has 0 radical (unpaired) electrons. The molecule has 0 fully saturated rings. The lowest BCUT2D eigenvalue weighted by atomic mass is 10.1. The SMILES string of the molecule is Cn1cnc(Cc2ccc3c(c2)OCO3)c1Br. The fourth-order valence-corrected chi connectivity index (χ4v) is 2.16. The number of hydrogen-bond acceptors (Lipinski definition) is 3. The molecule has 1 aromatic heterocycles. The molecule has 0 N–H and O–H groups in total. The normalized spacial score (nSPS) is 13.1. The Morgan fingerprint density at radius 2 is 2.18 bits per heavy atom. The van der Waals surface area contributed by atoms with Crippen molar-refractivity contribution >= 4 is 15.9 Å². The highest BCUT2D eigenvalue weighted by atomic mass is 79.9. The van der Waals surface area contributed by atoms with E-state index in [1.54, 1.807) is 6.33 Å². The second kappa shape index (κ2) is 4.07. The molecule has 5 heteroatoms. The van der Waals surface area contributed by atoms with E-state index < -0.39 is 0 Å². The fraction of sp³-hybridized carbons (Fsp3) is 0.250. The topological polar surface area (TPSA) is 36.3 Å². The van der Waals surface area contributed by atoms with Crippen molar-refractivity contribution in [2.24, 2.45) is 7.05 Å². The molecule has 2 heterocycles. The zero-order valence-electron chi connectivity index (χ0n) is 9.31. The molecular weight excluding hydrogens is 284 g/mol. The van der Waals surface area contributed by atoms with Gasteiger partial charge in [-0.05, 0) is 33.6 Å². The molecule has 0 amide bonds. The number of benzene rings is 1. The number of fused-ring (bicyclic) bond motifs is 1. The molecule has 3 rings (SSSR count). The number of ether oxygens (including phenoxy) is 2. The molecule has 2 aromatic rings. The van der Waals surface area contributed by atoms with Crippen LogP contribution in [0.2, 0.25) is 0 Å². The van der Waals surface area contributed by atoms with Crippen LogP contribution in [0.5, 0.6) is 11.5 Å². The quantitative estimate of drug-likeness (QED) is 0.854. The molecule has 0 unspecified atom stereocenters. The van der Waals surface area contributed by atoms with Crippen LogP contribution in [0.25, 0.3) is 0 Å². The maximum Gasteiger partial charge on any atom is 0.231 e. The second-order valence-electron chi connectivity index (χ2n) is 3.96. The third-order valence-corrected chi connectivity index (χ3v) is 3.76. The minimum absolute atomic E-state index is 0.312. The molecule has 0 atom stereocenters. The Hall–Kier alpha value is -1.49. The summed E-state index contributed by atoms with van der Waals surface area (Å²) in [6.45, 7) is 0.312. The molecule has 0 bridgehead atoms. The molecule has 1 aliphatic heterocycles. The van der Waals surface area contributed by atoms with Gasteiger partial charge in [0.1, 0.15) is 4.60 Å². The van der Waals surface area contributed by atoms with Gasteiger partial charge in [0.15, 0.2) is 11.5 Å². The van der Waals surface area contributed by atoms with E-state index in [0.29, 0.717) is 6.79 Å². The Balaban J connectivity index is 1.88. The van der Waals surface area contributed by atoms with Gasteiger partial charge in [-0.3, -0.25) is 0 Å². The monoisotopic (exact) mass is 294 g/mol. The summed E-state index contributed by atoms with van der Waals surface area (Å²) in [7, 11) is 1.96. The minimum Gasteiger partial charge on any atom is -0.454 e. The highest BCUT2D eigenvalue weighted by Gasteiger charge is 2.14. The first-order valence-electron chi connectivity index (χ1n) is 5.28. The van der Waals surface area contributed by atoms with Crippen LogP contribution in [0, 0.1) is 0 Å². The van der Waals surface area contributed by atoms with Gasteiger partial charge >= 0.3 is 0 Å². The first kappa shape index (κ1) is 10.7. The summed E-state index contributed by atoms with van der Waals surface area (Å²) in [6, 6.07) is 5.98. The summed E-state index contributed by atoms with van der Waals surface area (Å²) in [5, 5.41) is 0. The lowest BCUT2D eigenvalue weighted by molar-refractivity contribution is 0.174. The van der Waals surface area contributed by atoms with Gasteiger partial charge in [-0.1, -0.05) is 6.07 Å². The Labute approximate surface area is 107 Å². The Bertz CT molecular complexity index is 566. The zero-order valence-corrected chi connectivity index (χ0v) is 10.9. The zero-order chi connectivity index (χ0) is 11.8. The molecule has 0 spiro atoms. The maximum absolute atomic E-state index is 5.35. The molecule has 1 aromatic carbocycles. The second-order valence-corrected chi connectivity index (χ2v) is 4.71. The van der Waals surface area contributed by atoms with Gasteiger partial charge in [-0.25, -0.2) is 4.98 Å². The van der Waals surface area contributed by atoms with Crippen molar-refractivity contribution in [2.45, 2.75) is 6.42 Å². The third-order valence-electron chi connectivity index (χ3n) is 2.74. The first-order chi connectivity index (χ1) is 8.24. The van der Waals surface area contributed by atoms with E-state index in [9.17, 15) is 0 Å². The Morgan fingerprint density at radius 3 is 2.94 bits per heavy atom. The molecule has 1 aliphatic rings. The van der Waals surface area contributed by atoms with Crippen molar-refractivity contribution in [1.82, 2.24) is 9.55 Å². The lowest BCUT2D eigenvalue weighted by Crippen LogP contribution is -1.93. The largest absolute Gasteiger partial charge is 0.454 e. The van der Waals surface area contributed by atoms with Crippen LogP contribution in [-0.2, 0) is 13.5 Å². The van der Waals surface area contributed by atoms with Crippen LogP contribution in [-0.4, -0.2) is 16.3 Å².